The Labute approximate surface area is 79.3 Å². The first-order valence-corrected chi connectivity index (χ1v) is 3.53. The minimum atomic E-state index is -0.369. The van der Waals surface area contributed by atoms with Crippen molar-refractivity contribution in [3.05, 3.63) is 0 Å². The molecule has 3 nitrogen and oxygen atoms in total. The third kappa shape index (κ3) is 13.5. The van der Waals surface area contributed by atoms with Crippen LogP contribution in [0.3, 0.4) is 0 Å². The van der Waals surface area contributed by atoms with Crippen LogP contribution < -0.4 is 12.4 Å². The molecule has 0 fully saturated rings. The van der Waals surface area contributed by atoms with Crippen molar-refractivity contribution in [1.29, 1.82) is 0 Å². The van der Waals surface area contributed by atoms with Crippen molar-refractivity contribution in [2.45, 2.75) is 6.10 Å². The van der Waals surface area contributed by atoms with E-state index in [1.54, 1.807) is 0 Å². The Kier molecular flexibility index (Phi) is 11.4. The van der Waals surface area contributed by atoms with Gasteiger partial charge in [0.25, 0.3) is 0 Å². The molecule has 0 aromatic heterocycles. The Morgan fingerprint density at radius 1 is 1.36 bits per heavy atom. The molecular formula is C6H17Cl2NO2. The summed E-state index contributed by atoms with van der Waals surface area (Å²) in [6.45, 7) is 0.712. The predicted octanol–water partition coefficient (Wildman–Crippen LogP) is -3.53. The fourth-order valence-corrected chi connectivity index (χ4v) is 0.779. The highest BCUT2D eigenvalue weighted by Crippen LogP contribution is 1.95. The van der Waals surface area contributed by atoms with E-state index < -0.39 is 0 Å². The Hall–Kier alpha value is 0.460. The molecule has 0 amide bonds. The molecule has 0 saturated heterocycles. The Balaban J connectivity index is -0.000000320. The van der Waals surface area contributed by atoms with Crippen LogP contribution in [0.5, 0.6) is 0 Å². The van der Waals surface area contributed by atoms with Gasteiger partial charge in [-0.1, -0.05) is 0 Å². The Bertz CT molecular complexity index is 85.1. The molecule has 0 unspecified atom stereocenters. The molecule has 5 heteroatoms. The largest absolute Gasteiger partial charge is 1.00 e. The molecule has 11 heavy (non-hydrogen) atoms. The van der Waals surface area contributed by atoms with E-state index in [9.17, 15) is 0 Å². The highest BCUT2D eigenvalue weighted by atomic mass is 35.5. The van der Waals surface area contributed by atoms with E-state index in [1.807, 2.05) is 21.1 Å². The standard InChI is InChI=1S/C6H15ClNO.ClH.H2O/c1-8(2,3)5-6(9)4-7;;/h6,9H,4-5H2,1-3H3;1H;1H2/q+1;;/p-1/t6-;;/m0../s1. The van der Waals surface area contributed by atoms with Crippen LogP contribution in [-0.4, -0.2) is 54.7 Å². The van der Waals surface area contributed by atoms with Crippen LogP contribution in [0.15, 0.2) is 0 Å². The van der Waals surface area contributed by atoms with Gasteiger partial charge in [-0.25, -0.2) is 0 Å². The SMILES string of the molecule is C[N+](C)(C)C[C@@H](O)CCl.O.[Cl-]. The van der Waals surface area contributed by atoms with Crippen molar-refractivity contribution in [2.24, 2.45) is 0 Å². The monoisotopic (exact) mass is 205 g/mol. The van der Waals surface area contributed by atoms with Crippen molar-refractivity contribution in [2.75, 3.05) is 33.6 Å². The van der Waals surface area contributed by atoms with Crippen LogP contribution in [0, 0.1) is 0 Å². The number of nitrogens with zero attached hydrogens (tertiary/aromatic N) is 1. The fourth-order valence-electron chi connectivity index (χ4n) is 0.681. The molecule has 0 aliphatic rings. The lowest BCUT2D eigenvalue weighted by molar-refractivity contribution is -0.873. The van der Waals surface area contributed by atoms with Crippen LogP contribution in [0.1, 0.15) is 0 Å². The van der Waals surface area contributed by atoms with E-state index in [2.05, 4.69) is 0 Å². The van der Waals surface area contributed by atoms with Crippen LogP contribution in [0.2, 0.25) is 0 Å². The fraction of sp³-hybridized carbons (Fsp3) is 1.00. The van der Waals surface area contributed by atoms with Gasteiger partial charge < -0.3 is 27.5 Å². The lowest BCUT2D eigenvalue weighted by Crippen LogP contribution is -3.00. The van der Waals surface area contributed by atoms with Gasteiger partial charge in [-0.15, -0.1) is 11.6 Å². The molecule has 3 N–H and O–H groups in total. The van der Waals surface area contributed by atoms with Gasteiger partial charge in [0.2, 0.25) is 0 Å². The quantitative estimate of drug-likeness (QED) is 0.377. The van der Waals surface area contributed by atoms with Crippen LogP contribution in [-0.2, 0) is 0 Å². The zero-order valence-corrected chi connectivity index (χ0v) is 8.65. The number of hydrogen-bond donors (Lipinski definition) is 1. The summed E-state index contributed by atoms with van der Waals surface area (Å²) in [4.78, 5) is 0. The van der Waals surface area contributed by atoms with E-state index >= 15 is 0 Å². The number of quaternary nitrogens is 1. The molecule has 0 radical (unpaired) electrons. The Morgan fingerprint density at radius 3 is 1.82 bits per heavy atom. The number of aliphatic hydroxyl groups excluding tert-OH is 1. The number of halogens is 2. The summed E-state index contributed by atoms with van der Waals surface area (Å²) < 4.78 is 0.758. The average molecular weight is 206 g/mol. The molecule has 0 heterocycles. The summed E-state index contributed by atoms with van der Waals surface area (Å²) in [5.41, 5.74) is 0. The topological polar surface area (TPSA) is 51.7 Å². The third-order valence-electron chi connectivity index (χ3n) is 0.937. The lowest BCUT2D eigenvalue weighted by atomic mass is 10.3. The van der Waals surface area contributed by atoms with Crippen molar-refractivity contribution in [3.8, 4) is 0 Å². The predicted molar refractivity (Wildman–Crippen MR) is 43.2 cm³/mol. The van der Waals surface area contributed by atoms with Crippen LogP contribution in [0.4, 0.5) is 0 Å². The molecule has 0 aromatic carbocycles. The first kappa shape index (κ1) is 17.5. The molecular weight excluding hydrogens is 189 g/mol. The molecule has 72 valence electrons. The van der Waals surface area contributed by atoms with Gasteiger partial charge in [-0.2, -0.15) is 0 Å². The summed E-state index contributed by atoms with van der Waals surface area (Å²) in [5, 5.41) is 9.05. The maximum absolute atomic E-state index is 9.05. The summed E-state index contributed by atoms with van der Waals surface area (Å²) in [5.74, 6) is 0.329. The van der Waals surface area contributed by atoms with Crippen LogP contribution in [0.25, 0.3) is 0 Å². The highest BCUT2D eigenvalue weighted by Gasteiger charge is 2.13. The maximum atomic E-state index is 9.05. The van der Waals surface area contributed by atoms with E-state index in [0.717, 1.165) is 4.48 Å². The van der Waals surface area contributed by atoms with Crippen LogP contribution >= 0.6 is 11.6 Å². The van der Waals surface area contributed by atoms with E-state index in [4.69, 9.17) is 16.7 Å². The van der Waals surface area contributed by atoms with Gasteiger partial charge in [0.05, 0.1) is 27.0 Å². The molecule has 0 aromatic rings. The normalized spacial score (nSPS) is 12.8. The molecule has 1 atom stereocenters. The smallest absolute Gasteiger partial charge is 0.116 e. The molecule has 0 saturated carbocycles. The van der Waals surface area contributed by atoms with Gasteiger partial charge in [0.15, 0.2) is 0 Å². The zero-order valence-electron chi connectivity index (χ0n) is 7.14. The summed E-state index contributed by atoms with van der Waals surface area (Å²) in [6, 6.07) is 0. The van der Waals surface area contributed by atoms with Gasteiger partial charge in [-0.05, 0) is 0 Å². The summed E-state index contributed by atoms with van der Waals surface area (Å²) >= 11 is 5.40. The number of aliphatic hydroxyl groups is 1. The van der Waals surface area contributed by atoms with Crippen molar-refractivity contribution in [3.63, 3.8) is 0 Å². The number of rotatable bonds is 3. The highest BCUT2D eigenvalue weighted by molar-refractivity contribution is 6.18. The molecule has 0 rings (SSSR count). The lowest BCUT2D eigenvalue weighted by Gasteiger charge is -2.25. The van der Waals surface area contributed by atoms with Gasteiger partial charge >= 0.3 is 0 Å². The first-order valence-electron chi connectivity index (χ1n) is 3.00. The molecule has 0 aliphatic heterocycles. The Morgan fingerprint density at radius 2 is 1.73 bits per heavy atom. The van der Waals surface area contributed by atoms with Gasteiger partial charge in [0, 0.05) is 0 Å². The maximum Gasteiger partial charge on any atom is 0.116 e. The zero-order chi connectivity index (χ0) is 7.49. The van der Waals surface area contributed by atoms with Crippen molar-refractivity contribution >= 4 is 11.6 Å². The molecule has 0 spiro atoms. The summed E-state index contributed by atoms with van der Waals surface area (Å²) in [6.07, 6.45) is -0.369. The molecule has 0 bridgehead atoms. The van der Waals surface area contributed by atoms with Gasteiger partial charge in [0.1, 0.15) is 12.6 Å². The second kappa shape index (κ2) is 7.13. The van der Waals surface area contributed by atoms with Crippen molar-refractivity contribution in [1.82, 2.24) is 0 Å². The number of likely N-dealkylation sites (N-methyl/N-ethyl adjacent to an activating group) is 1. The average Bonchev–Trinajstić information content (AvgIpc) is 1.62. The summed E-state index contributed by atoms with van der Waals surface area (Å²) in [7, 11) is 6.07. The van der Waals surface area contributed by atoms with E-state index in [-0.39, 0.29) is 24.0 Å². The first-order chi connectivity index (χ1) is 3.95. The minimum Gasteiger partial charge on any atom is -1.00 e. The molecule has 0 aliphatic carbocycles. The van der Waals surface area contributed by atoms with E-state index in [1.165, 1.54) is 0 Å². The second-order valence-corrected chi connectivity index (χ2v) is 3.59. The number of hydrogen-bond acceptors (Lipinski definition) is 1. The van der Waals surface area contributed by atoms with Crippen molar-refractivity contribution < 1.29 is 27.5 Å². The third-order valence-corrected chi connectivity index (χ3v) is 1.29. The second-order valence-electron chi connectivity index (χ2n) is 3.28. The van der Waals surface area contributed by atoms with Gasteiger partial charge in [-0.3, -0.25) is 0 Å². The van der Waals surface area contributed by atoms with E-state index in [0.29, 0.717) is 12.4 Å². The number of alkyl halides is 1. The minimum absolute atomic E-state index is 0.